The molecule has 24 heavy (non-hydrogen) atoms. The molecule has 0 unspecified atom stereocenters. The van der Waals surface area contributed by atoms with Crippen molar-refractivity contribution in [3.63, 3.8) is 0 Å². The number of carbonyl (C=O) groups is 1. The van der Waals surface area contributed by atoms with E-state index >= 15 is 0 Å². The molecule has 0 atom stereocenters. The van der Waals surface area contributed by atoms with Crippen molar-refractivity contribution in [2.24, 2.45) is 0 Å². The van der Waals surface area contributed by atoms with Crippen molar-refractivity contribution in [1.82, 2.24) is 10.6 Å². The summed E-state index contributed by atoms with van der Waals surface area (Å²) in [6.07, 6.45) is 0. The van der Waals surface area contributed by atoms with E-state index in [0.717, 1.165) is 0 Å². The van der Waals surface area contributed by atoms with Crippen molar-refractivity contribution in [3.05, 3.63) is 51.2 Å². The van der Waals surface area contributed by atoms with Crippen LogP contribution >= 0.6 is 11.6 Å². The van der Waals surface area contributed by atoms with Gasteiger partial charge in [0, 0.05) is 23.7 Å². The van der Waals surface area contributed by atoms with Crippen LogP contribution in [0.3, 0.4) is 0 Å². The molecule has 0 radical (unpaired) electrons. The predicted molar refractivity (Wildman–Crippen MR) is 90.8 cm³/mol. The van der Waals surface area contributed by atoms with Crippen LogP contribution in [-0.4, -0.2) is 23.4 Å². The highest BCUT2D eigenvalue weighted by Gasteiger charge is 2.13. The van der Waals surface area contributed by atoms with Gasteiger partial charge in [-0.05, 0) is 32.0 Å². The average Bonchev–Trinajstić information content (AvgIpc) is 2.94. The van der Waals surface area contributed by atoms with E-state index in [2.05, 4.69) is 10.6 Å². The fourth-order valence-corrected chi connectivity index (χ4v) is 2.38. The molecule has 2 aromatic rings. The van der Waals surface area contributed by atoms with E-state index in [4.69, 9.17) is 16.0 Å². The predicted octanol–water partition coefficient (Wildman–Crippen LogP) is 3.12. The standard InChI is InChI=1S/C16H18ClN3O4/c1-10(2)19-16(21)9-18-8-12-4-6-15(24-12)13-5-3-11(20(22)23)7-14(13)17/h3-7,10,18H,8-9H2,1-2H3,(H,19,21). The number of nitrogens with one attached hydrogen (secondary N) is 2. The highest BCUT2D eigenvalue weighted by Crippen LogP contribution is 2.32. The molecule has 0 saturated heterocycles. The van der Waals surface area contributed by atoms with Gasteiger partial charge >= 0.3 is 0 Å². The summed E-state index contributed by atoms with van der Waals surface area (Å²) in [5.41, 5.74) is 0.499. The zero-order valence-corrected chi connectivity index (χ0v) is 14.1. The second-order valence-electron chi connectivity index (χ2n) is 5.51. The summed E-state index contributed by atoms with van der Waals surface area (Å²) in [6, 6.07) is 7.80. The Hall–Kier alpha value is -2.38. The van der Waals surface area contributed by atoms with E-state index < -0.39 is 4.92 Å². The molecule has 8 heteroatoms. The normalized spacial score (nSPS) is 10.8. The molecule has 1 amide bonds. The Morgan fingerprint density at radius 2 is 2.08 bits per heavy atom. The molecule has 1 heterocycles. The van der Waals surface area contributed by atoms with Crippen LogP contribution in [0.5, 0.6) is 0 Å². The summed E-state index contributed by atoms with van der Waals surface area (Å²) in [6.45, 7) is 4.36. The monoisotopic (exact) mass is 351 g/mol. The highest BCUT2D eigenvalue weighted by atomic mass is 35.5. The molecule has 2 N–H and O–H groups in total. The van der Waals surface area contributed by atoms with Crippen molar-refractivity contribution >= 4 is 23.2 Å². The quantitative estimate of drug-likeness (QED) is 0.590. The number of carbonyl (C=O) groups excluding carboxylic acids is 1. The lowest BCUT2D eigenvalue weighted by Crippen LogP contribution is -2.37. The van der Waals surface area contributed by atoms with Crippen molar-refractivity contribution in [3.8, 4) is 11.3 Å². The highest BCUT2D eigenvalue weighted by molar-refractivity contribution is 6.33. The molecule has 7 nitrogen and oxygen atoms in total. The number of furan rings is 1. The smallest absolute Gasteiger partial charge is 0.270 e. The van der Waals surface area contributed by atoms with E-state index in [-0.39, 0.29) is 29.2 Å². The summed E-state index contributed by atoms with van der Waals surface area (Å²) in [5.74, 6) is 1.06. The van der Waals surface area contributed by atoms with Crippen LogP contribution in [0.1, 0.15) is 19.6 Å². The molecule has 1 aromatic carbocycles. The van der Waals surface area contributed by atoms with Gasteiger partial charge < -0.3 is 15.1 Å². The summed E-state index contributed by atoms with van der Waals surface area (Å²) in [5, 5.41) is 16.7. The lowest BCUT2D eigenvalue weighted by molar-refractivity contribution is -0.384. The first-order valence-corrected chi connectivity index (χ1v) is 7.77. The van der Waals surface area contributed by atoms with Crippen molar-refractivity contribution < 1.29 is 14.1 Å². The molecule has 0 bridgehead atoms. The third-order valence-electron chi connectivity index (χ3n) is 3.13. The Morgan fingerprint density at radius 1 is 1.33 bits per heavy atom. The molecule has 0 aliphatic heterocycles. The summed E-state index contributed by atoms with van der Waals surface area (Å²) in [7, 11) is 0. The maximum absolute atomic E-state index is 11.5. The van der Waals surface area contributed by atoms with Crippen LogP contribution in [0, 0.1) is 10.1 Å². The molecule has 0 aliphatic carbocycles. The molecular weight excluding hydrogens is 334 g/mol. The second-order valence-corrected chi connectivity index (χ2v) is 5.92. The summed E-state index contributed by atoms with van der Waals surface area (Å²) in [4.78, 5) is 21.7. The van der Waals surface area contributed by atoms with Crippen molar-refractivity contribution in [2.45, 2.75) is 26.4 Å². The topological polar surface area (TPSA) is 97.4 Å². The molecule has 128 valence electrons. The number of rotatable bonds is 7. The zero-order valence-electron chi connectivity index (χ0n) is 13.3. The van der Waals surface area contributed by atoms with Crippen LogP contribution in [-0.2, 0) is 11.3 Å². The van der Waals surface area contributed by atoms with Crippen LogP contribution < -0.4 is 10.6 Å². The average molecular weight is 352 g/mol. The van der Waals surface area contributed by atoms with Crippen LogP contribution in [0.15, 0.2) is 34.7 Å². The van der Waals surface area contributed by atoms with Crippen molar-refractivity contribution in [2.75, 3.05) is 6.54 Å². The van der Waals surface area contributed by atoms with Gasteiger partial charge in [0.15, 0.2) is 0 Å². The van der Waals surface area contributed by atoms with E-state index in [1.54, 1.807) is 18.2 Å². The number of nitrogens with zero attached hydrogens (tertiary/aromatic N) is 1. The zero-order chi connectivity index (χ0) is 17.7. The van der Waals surface area contributed by atoms with Gasteiger partial charge in [-0.15, -0.1) is 0 Å². The number of halogens is 1. The Bertz CT molecular complexity index is 743. The van der Waals surface area contributed by atoms with Gasteiger partial charge in [0.25, 0.3) is 5.69 Å². The van der Waals surface area contributed by atoms with Gasteiger partial charge in [0.05, 0.1) is 23.0 Å². The number of hydrogen-bond acceptors (Lipinski definition) is 5. The molecule has 1 aromatic heterocycles. The fraction of sp³-hybridized carbons (Fsp3) is 0.312. The SMILES string of the molecule is CC(C)NC(=O)CNCc1ccc(-c2ccc([N+](=O)[O-])cc2Cl)o1. The number of nitro benzene ring substituents is 1. The maximum Gasteiger partial charge on any atom is 0.270 e. The molecule has 0 aliphatic rings. The van der Waals surface area contributed by atoms with Gasteiger partial charge in [-0.1, -0.05) is 11.6 Å². The number of non-ortho nitro benzene ring substituents is 1. The van der Waals surface area contributed by atoms with E-state index in [1.165, 1.54) is 12.1 Å². The van der Waals surface area contributed by atoms with Crippen molar-refractivity contribution in [1.29, 1.82) is 0 Å². The number of amides is 1. The molecular formula is C16H18ClN3O4. The lowest BCUT2D eigenvalue weighted by atomic mass is 10.1. The fourth-order valence-electron chi connectivity index (χ4n) is 2.11. The van der Waals surface area contributed by atoms with Gasteiger partial charge in [0.1, 0.15) is 11.5 Å². The van der Waals surface area contributed by atoms with Crippen LogP contribution in [0.4, 0.5) is 5.69 Å². The minimum atomic E-state index is -0.505. The maximum atomic E-state index is 11.5. The first-order valence-electron chi connectivity index (χ1n) is 7.40. The second kappa shape index (κ2) is 7.94. The molecule has 2 rings (SSSR count). The Balaban J connectivity index is 1.98. The first-order chi connectivity index (χ1) is 11.4. The van der Waals surface area contributed by atoms with Gasteiger partial charge in [-0.2, -0.15) is 0 Å². The Labute approximate surface area is 144 Å². The number of hydrogen-bond donors (Lipinski definition) is 2. The summed E-state index contributed by atoms with van der Waals surface area (Å²) >= 11 is 6.08. The lowest BCUT2D eigenvalue weighted by Gasteiger charge is -2.08. The Kier molecular flexibility index (Phi) is 5.94. The largest absolute Gasteiger partial charge is 0.460 e. The van der Waals surface area contributed by atoms with Gasteiger partial charge in [0.2, 0.25) is 5.91 Å². The van der Waals surface area contributed by atoms with Gasteiger partial charge in [-0.3, -0.25) is 14.9 Å². The third kappa shape index (κ3) is 4.81. The number of benzene rings is 1. The minimum Gasteiger partial charge on any atom is -0.460 e. The Morgan fingerprint density at radius 3 is 2.71 bits per heavy atom. The molecule has 0 fully saturated rings. The third-order valence-corrected chi connectivity index (χ3v) is 3.44. The van der Waals surface area contributed by atoms with E-state index in [9.17, 15) is 14.9 Å². The minimum absolute atomic E-state index is 0.0756. The molecule has 0 spiro atoms. The first kappa shape index (κ1) is 18.0. The van der Waals surface area contributed by atoms with Gasteiger partial charge in [-0.25, -0.2) is 0 Å². The van der Waals surface area contributed by atoms with E-state index in [0.29, 0.717) is 23.6 Å². The molecule has 0 saturated carbocycles. The van der Waals surface area contributed by atoms with Crippen LogP contribution in [0.25, 0.3) is 11.3 Å². The van der Waals surface area contributed by atoms with Crippen LogP contribution in [0.2, 0.25) is 5.02 Å². The number of nitro groups is 1. The van der Waals surface area contributed by atoms with E-state index in [1.807, 2.05) is 13.8 Å². The summed E-state index contributed by atoms with van der Waals surface area (Å²) < 4.78 is 5.67.